The highest BCUT2D eigenvalue weighted by Gasteiger charge is 2.34. The number of hydrogen-bond donors (Lipinski definition) is 2. The summed E-state index contributed by atoms with van der Waals surface area (Å²) in [7, 11) is 0. The number of aliphatic hydroxyl groups is 1. The summed E-state index contributed by atoms with van der Waals surface area (Å²) in [6.45, 7) is 4.86. The molecule has 0 aromatic heterocycles. The summed E-state index contributed by atoms with van der Waals surface area (Å²) in [6, 6.07) is 8.49. The molecule has 7 heteroatoms. The zero-order valence-electron chi connectivity index (χ0n) is 15.2. The van der Waals surface area contributed by atoms with Gasteiger partial charge in [0, 0.05) is 18.7 Å². The van der Waals surface area contributed by atoms with Crippen molar-refractivity contribution in [2.75, 3.05) is 13.2 Å². The maximum absolute atomic E-state index is 13.4. The van der Waals surface area contributed by atoms with Crippen molar-refractivity contribution in [2.24, 2.45) is 0 Å². The Bertz CT molecular complexity index is 760. The lowest BCUT2D eigenvalue weighted by Gasteiger charge is -2.16. The lowest BCUT2D eigenvalue weighted by atomic mass is 10.00. The van der Waals surface area contributed by atoms with Crippen molar-refractivity contribution in [3.05, 3.63) is 64.5 Å². The fraction of sp³-hybridized carbons (Fsp3) is 0.400. The summed E-state index contributed by atoms with van der Waals surface area (Å²) in [5.74, 6) is -0.466. The number of halogens is 4. The van der Waals surface area contributed by atoms with Gasteiger partial charge in [-0.05, 0) is 35.2 Å². The maximum atomic E-state index is 13.4. The minimum absolute atomic E-state index is 0.00411. The Morgan fingerprint density at radius 2 is 1.85 bits per heavy atom. The molecule has 2 rings (SSSR count). The van der Waals surface area contributed by atoms with Crippen molar-refractivity contribution in [3.8, 4) is 5.75 Å². The number of ether oxygens (including phenoxy) is 1. The topological polar surface area (TPSA) is 41.5 Å². The van der Waals surface area contributed by atoms with Gasteiger partial charge in [-0.15, -0.1) is 0 Å². The quantitative estimate of drug-likeness (QED) is 0.514. The van der Waals surface area contributed by atoms with Crippen LogP contribution in [0.3, 0.4) is 0 Å². The minimum atomic E-state index is -4.75. The molecule has 2 aromatic rings. The molecule has 0 aliphatic heterocycles. The Morgan fingerprint density at radius 3 is 2.48 bits per heavy atom. The second-order valence-corrected chi connectivity index (χ2v) is 6.52. The molecule has 0 fully saturated rings. The van der Waals surface area contributed by atoms with Crippen molar-refractivity contribution >= 4 is 0 Å². The van der Waals surface area contributed by atoms with Crippen LogP contribution in [0, 0.1) is 5.82 Å². The van der Waals surface area contributed by atoms with Gasteiger partial charge in [-0.2, -0.15) is 13.2 Å². The van der Waals surface area contributed by atoms with E-state index in [2.05, 4.69) is 19.2 Å². The first kappa shape index (κ1) is 21.2. The highest BCUT2D eigenvalue weighted by Crippen LogP contribution is 2.32. The maximum Gasteiger partial charge on any atom is 0.419 e. The van der Waals surface area contributed by atoms with Gasteiger partial charge in [-0.1, -0.05) is 32.0 Å². The van der Waals surface area contributed by atoms with Crippen LogP contribution in [0.5, 0.6) is 5.75 Å². The van der Waals surface area contributed by atoms with E-state index < -0.39 is 17.6 Å². The van der Waals surface area contributed by atoms with E-state index in [9.17, 15) is 17.6 Å². The molecule has 3 nitrogen and oxygen atoms in total. The summed E-state index contributed by atoms with van der Waals surface area (Å²) in [5, 5.41) is 12.0. The molecular formula is C20H23F4NO2. The summed E-state index contributed by atoms with van der Waals surface area (Å²) >= 11 is 0. The fourth-order valence-corrected chi connectivity index (χ4v) is 2.58. The van der Waals surface area contributed by atoms with Crippen LogP contribution < -0.4 is 10.1 Å². The molecule has 0 atom stereocenters. The largest absolute Gasteiger partial charge is 0.489 e. The number of nitrogens with one attached hydrogen (secondary N) is 1. The van der Waals surface area contributed by atoms with Crippen LogP contribution in [0.4, 0.5) is 17.6 Å². The van der Waals surface area contributed by atoms with Gasteiger partial charge >= 0.3 is 6.18 Å². The van der Waals surface area contributed by atoms with Gasteiger partial charge in [0.2, 0.25) is 0 Å². The normalized spacial score (nSPS) is 11.9. The van der Waals surface area contributed by atoms with Gasteiger partial charge in [-0.25, -0.2) is 4.39 Å². The molecule has 0 spiro atoms. The van der Waals surface area contributed by atoms with Crippen LogP contribution in [0.25, 0.3) is 0 Å². The molecule has 0 heterocycles. The number of hydrogen-bond acceptors (Lipinski definition) is 3. The molecule has 0 radical (unpaired) electrons. The number of aliphatic hydroxyl groups excluding tert-OH is 1. The summed E-state index contributed by atoms with van der Waals surface area (Å²) in [5.41, 5.74) is 0.867. The first-order valence-electron chi connectivity index (χ1n) is 8.65. The van der Waals surface area contributed by atoms with Crippen LogP contribution in [0.1, 0.15) is 42.0 Å². The third-order valence-corrected chi connectivity index (χ3v) is 4.09. The predicted molar refractivity (Wildman–Crippen MR) is 95.1 cm³/mol. The molecule has 27 heavy (non-hydrogen) atoms. The van der Waals surface area contributed by atoms with Gasteiger partial charge in [0.15, 0.2) is 0 Å². The Morgan fingerprint density at radius 1 is 1.11 bits per heavy atom. The average molecular weight is 385 g/mol. The van der Waals surface area contributed by atoms with Crippen molar-refractivity contribution in [1.82, 2.24) is 5.32 Å². The van der Waals surface area contributed by atoms with Crippen molar-refractivity contribution in [1.29, 1.82) is 0 Å². The van der Waals surface area contributed by atoms with Crippen LogP contribution in [0.15, 0.2) is 36.4 Å². The van der Waals surface area contributed by atoms with E-state index in [-0.39, 0.29) is 18.8 Å². The van der Waals surface area contributed by atoms with Crippen molar-refractivity contribution in [3.63, 3.8) is 0 Å². The predicted octanol–water partition coefficient (Wildman–Crippen LogP) is 4.63. The third kappa shape index (κ3) is 5.94. The number of alkyl halides is 3. The van der Waals surface area contributed by atoms with Crippen LogP contribution >= 0.6 is 0 Å². The molecule has 0 aliphatic carbocycles. The number of rotatable bonds is 8. The van der Waals surface area contributed by atoms with Gasteiger partial charge in [0.25, 0.3) is 0 Å². The Balaban J connectivity index is 2.19. The van der Waals surface area contributed by atoms with E-state index >= 15 is 0 Å². The second kappa shape index (κ2) is 9.19. The van der Waals surface area contributed by atoms with Crippen LogP contribution in [0.2, 0.25) is 0 Å². The first-order valence-corrected chi connectivity index (χ1v) is 8.65. The van der Waals surface area contributed by atoms with Gasteiger partial charge in [-0.3, -0.25) is 0 Å². The van der Waals surface area contributed by atoms with Crippen molar-refractivity contribution in [2.45, 2.75) is 39.1 Å². The molecular weight excluding hydrogens is 362 g/mol. The number of benzene rings is 2. The van der Waals surface area contributed by atoms with E-state index in [4.69, 9.17) is 9.84 Å². The second-order valence-electron chi connectivity index (χ2n) is 6.52. The standard InChI is InChI=1S/C20H23F4NO2/c1-13(2)15-4-6-19(16(10-15)11-25-7-8-26)27-12-14-3-5-18(21)17(9-14)20(22,23)24/h3-6,9-10,13,25-26H,7-8,11-12H2,1-2H3. The van der Waals surface area contributed by atoms with Crippen molar-refractivity contribution < 1.29 is 27.4 Å². The summed E-state index contributed by atoms with van der Waals surface area (Å²) in [6.07, 6.45) is -4.75. The Kier molecular flexibility index (Phi) is 7.21. The van der Waals surface area contributed by atoms with Gasteiger partial charge < -0.3 is 15.2 Å². The molecule has 2 aromatic carbocycles. The monoisotopic (exact) mass is 385 g/mol. The molecule has 2 N–H and O–H groups in total. The van der Waals surface area contributed by atoms with Crippen LogP contribution in [-0.4, -0.2) is 18.3 Å². The highest BCUT2D eigenvalue weighted by atomic mass is 19.4. The van der Waals surface area contributed by atoms with E-state index in [0.29, 0.717) is 24.8 Å². The lowest BCUT2D eigenvalue weighted by molar-refractivity contribution is -0.140. The Hall–Kier alpha value is -2.12. The first-order chi connectivity index (χ1) is 12.7. The minimum Gasteiger partial charge on any atom is -0.489 e. The zero-order valence-corrected chi connectivity index (χ0v) is 15.2. The van der Waals surface area contributed by atoms with E-state index in [0.717, 1.165) is 23.3 Å². The molecule has 0 saturated heterocycles. The van der Waals surface area contributed by atoms with Crippen LogP contribution in [-0.2, 0) is 19.3 Å². The van der Waals surface area contributed by atoms with E-state index in [1.54, 1.807) is 6.07 Å². The lowest BCUT2D eigenvalue weighted by Crippen LogP contribution is -2.18. The molecule has 148 valence electrons. The van der Waals surface area contributed by atoms with E-state index in [1.807, 2.05) is 12.1 Å². The average Bonchev–Trinajstić information content (AvgIpc) is 2.60. The molecule has 0 saturated carbocycles. The Labute approximate surface area is 156 Å². The van der Waals surface area contributed by atoms with E-state index in [1.165, 1.54) is 6.07 Å². The smallest absolute Gasteiger partial charge is 0.419 e. The summed E-state index contributed by atoms with van der Waals surface area (Å²) in [4.78, 5) is 0. The molecule has 0 bridgehead atoms. The fourth-order valence-electron chi connectivity index (χ4n) is 2.58. The molecule has 0 aliphatic rings. The SMILES string of the molecule is CC(C)c1ccc(OCc2ccc(F)c(C(F)(F)F)c2)c(CNCCO)c1. The molecule has 0 amide bonds. The third-order valence-electron chi connectivity index (χ3n) is 4.09. The zero-order chi connectivity index (χ0) is 20.0. The molecule has 0 unspecified atom stereocenters. The van der Waals surface area contributed by atoms with Gasteiger partial charge in [0.05, 0.1) is 12.2 Å². The van der Waals surface area contributed by atoms with Gasteiger partial charge in [0.1, 0.15) is 18.2 Å². The highest BCUT2D eigenvalue weighted by molar-refractivity contribution is 5.39. The summed E-state index contributed by atoms with van der Waals surface area (Å²) < 4.78 is 57.6.